The maximum absolute atomic E-state index is 6.18. The molecule has 0 amide bonds. The third-order valence-electron chi connectivity index (χ3n) is 2.66. The molecule has 0 saturated carbocycles. The van der Waals surface area contributed by atoms with Gasteiger partial charge >= 0.3 is 0 Å². The number of rotatable bonds is 8. The third kappa shape index (κ3) is 4.84. The topological polar surface area (TPSA) is 30.5 Å². The highest BCUT2D eigenvalue weighted by Gasteiger charge is 2.10. The van der Waals surface area contributed by atoms with Crippen molar-refractivity contribution in [1.29, 1.82) is 0 Å². The van der Waals surface area contributed by atoms with E-state index in [-0.39, 0.29) is 6.10 Å². The Morgan fingerprint density at radius 3 is 2.83 bits per heavy atom. The summed E-state index contributed by atoms with van der Waals surface area (Å²) < 4.78 is 10.9. The standard InChI is InChI=1S/C14H22ClNO2/c1-4-8-16-9-12-6-5-7-13(15)14(12)18-10-11(2)17-3/h5-7,11,16H,4,8-10H2,1-3H3. The highest BCUT2D eigenvalue weighted by molar-refractivity contribution is 6.32. The van der Waals surface area contributed by atoms with Gasteiger partial charge in [-0.25, -0.2) is 0 Å². The molecule has 1 unspecified atom stereocenters. The molecule has 0 radical (unpaired) electrons. The van der Waals surface area contributed by atoms with E-state index in [4.69, 9.17) is 21.1 Å². The van der Waals surface area contributed by atoms with Crippen LogP contribution in [0, 0.1) is 0 Å². The molecule has 1 N–H and O–H groups in total. The molecule has 18 heavy (non-hydrogen) atoms. The van der Waals surface area contributed by atoms with Crippen molar-refractivity contribution in [1.82, 2.24) is 5.32 Å². The number of halogens is 1. The maximum atomic E-state index is 6.18. The number of benzene rings is 1. The molecule has 0 aliphatic rings. The van der Waals surface area contributed by atoms with Gasteiger partial charge in [0.2, 0.25) is 0 Å². The number of ether oxygens (including phenoxy) is 2. The van der Waals surface area contributed by atoms with Crippen molar-refractivity contribution >= 4 is 11.6 Å². The van der Waals surface area contributed by atoms with E-state index >= 15 is 0 Å². The summed E-state index contributed by atoms with van der Waals surface area (Å²) in [4.78, 5) is 0. The Morgan fingerprint density at radius 2 is 2.17 bits per heavy atom. The zero-order valence-corrected chi connectivity index (χ0v) is 12.1. The first-order valence-electron chi connectivity index (χ1n) is 6.32. The van der Waals surface area contributed by atoms with Gasteiger partial charge in [0, 0.05) is 19.2 Å². The molecule has 0 aliphatic carbocycles. The second kappa shape index (κ2) is 8.35. The molecular weight excluding hydrogens is 250 g/mol. The molecule has 3 nitrogen and oxygen atoms in total. The lowest BCUT2D eigenvalue weighted by Gasteiger charge is -2.16. The normalized spacial score (nSPS) is 12.4. The number of hydrogen-bond acceptors (Lipinski definition) is 3. The zero-order valence-electron chi connectivity index (χ0n) is 11.3. The Hall–Kier alpha value is -0.770. The molecule has 0 fully saturated rings. The molecule has 0 spiro atoms. The molecular formula is C14H22ClNO2. The van der Waals surface area contributed by atoms with E-state index in [1.54, 1.807) is 7.11 Å². The van der Waals surface area contributed by atoms with Gasteiger partial charge in [0.25, 0.3) is 0 Å². The average molecular weight is 272 g/mol. The van der Waals surface area contributed by atoms with Gasteiger partial charge in [0.15, 0.2) is 0 Å². The number of hydrogen-bond donors (Lipinski definition) is 1. The summed E-state index contributed by atoms with van der Waals surface area (Å²) in [7, 11) is 1.67. The summed E-state index contributed by atoms with van der Waals surface area (Å²) in [6.07, 6.45) is 1.16. The van der Waals surface area contributed by atoms with Gasteiger partial charge in [-0.15, -0.1) is 0 Å². The smallest absolute Gasteiger partial charge is 0.142 e. The van der Waals surface area contributed by atoms with Gasteiger partial charge in [-0.3, -0.25) is 0 Å². The molecule has 1 aromatic rings. The van der Waals surface area contributed by atoms with E-state index in [0.29, 0.717) is 11.6 Å². The van der Waals surface area contributed by atoms with Crippen LogP contribution in [0.4, 0.5) is 0 Å². The SMILES string of the molecule is CCCNCc1cccc(Cl)c1OCC(C)OC. The third-order valence-corrected chi connectivity index (χ3v) is 2.95. The molecule has 0 heterocycles. The quantitative estimate of drug-likeness (QED) is 0.736. The van der Waals surface area contributed by atoms with Gasteiger partial charge in [0.05, 0.1) is 11.1 Å². The minimum Gasteiger partial charge on any atom is -0.489 e. The summed E-state index contributed by atoms with van der Waals surface area (Å²) in [5, 5.41) is 4.00. The van der Waals surface area contributed by atoms with E-state index in [1.165, 1.54) is 0 Å². The van der Waals surface area contributed by atoms with Crippen LogP contribution in [0.3, 0.4) is 0 Å². The van der Waals surface area contributed by atoms with Gasteiger partial charge in [-0.2, -0.15) is 0 Å². The Balaban J connectivity index is 2.67. The second-order valence-electron chi connectivity index (χ2n) is 4.26. The average Bonchev–Trinajstić information content (AvgIpc) is 2.38. The van der Waals surface area contributed by atoms with Crippen molar-refractivity contribution < 1.29 is 9.47 Å². The molecule has 0 aromatic heterocycles. The summed E-state index contributed by atoms with van der Waals surface area (Å²) >= 11 is 6.18. The lowest BCUT2D eigenvalue weighted by molar-refractivity contribution is 0.0713. The Bertz CT molecular complexity index is 358. The van der Waals surface area contributed by atoms with Crippen LogP contribution in [0.25, 0.3) is 0 Å². The first kappa shape index (κ1) is 15.3. The fourth-order valence-electron chi connectivity index (χ4n) is 1.52. The van der Waals surface area contributed by atoms with E-state index in [1.807, 2.05) is 25.1 Å². The van der Waals surface area contributed by atoms with Crippen LogP contribution in [-0.2, 0) is 11.3 Å². The van der Waals surface area contributed by atoms with Crippen LogP contribution in [0.5, 0.6) is 5.75 Å². The fourth-order valence-corrected chi connectivity index (χ4v) is 1.77. The number of methoxy groups -OCH3 is 1. The Kier molecular flexibility index (Phi) is 7.09. The van der Waals surface area contributed by atoms with Crippen LogP contribution < -0.4 is 10.1 Å². The first-order valence-corrected chi connectivity index (χ1v) is 6.70. The van der Waals surface area contributed by atoms with Gasteiger partial charge in [-0.1, -0.05) is 30.7 Å². The number of nitrogens with one attached hydrogen (secondary N) is 1. The zero-order chi connectivity index (χ0) is 13.4. The minimum atomic E-state index is 0.0534. The maximum Gasteiger partial charge on any atom is 0.142 e. The second-order valence-corrected chi connectivity index (χ2v) is 4.67. The molecule has 102 valence electrons. The van der Waals surface area contributed by atoms with Crippen LogP contribution >= 0.6 is 11.6 Å². The van der Waals surface area contributed by atoms with Crippen molar-refractivity contribution in [2.24, 2.45) is 0 Å². The highest BCUT2D eigenvalue weighted by Crippen LogP contribution is 2.28. The summed E-state index contributed by atoms with van der Waals surface area (Å²) in [6, 6.07) is 5.82. The van der Waals surface area contributed by atoms with Crippen molar-refractivity contribution in [3.05, 3.63) is 28.8 Å². The van der Waals surface area contributed by atoms with E-state index in [2.05, 4.69) is 12.2 Å². The molecule has 0 bridgehead atoms. The van der Waals surface area contributed by atoms with Crippen molar-refractivity contribution in [3.63, 3.8) is 0 Å². The highest BCUT2D eigenvalue weighted by atomic mass is 35.5. The molecule has 0 saturated heterocycles. The largest absolute Gasteiger partial charge is 0.489 e. The Morgan fingerprint density at radius 1 is 1.39 bits per heavy atom. The van der Waals surface area contributed by atoms with Crippen molar-refractivity contribution in [2.75, 3.05) is 20.3 Å². The molecule has 1 aromatic carbocycles. The lowest BCUT2D eigenvalue weighted by Crippen LogP contribution is -2.18. The Labute approximate surface area is 114 Å². The van der Waals surface area contributed by atoms with Crippen LogP contribution in [0.2, 0.25) is 5.02 Å². The van der Waals surface area contributed by atoms with Gasteiger partial charge < -0.3 is 14.8 Å². The van der Waals surface area contributed by atoms with E-state index < -0.39 is 0 Å². The lowest BCUT2D eigenvalue weighted by atomic mass is 10.2. The minimum absolute atomic E-state index is 0.0534. The van der Waals surface area contributed by atoms with Gasteiger partial charge in [-0.05, 0) is 26.0 Å². The number of para-hydroxylation sites is 1. The molecule has 0 aliphatic heterocycles. The van der Waals surface area contributed by atoms with E-state index in [9.17, 15) is 0 Å². The van der Waals surface area contributed by atoms with Crippen LogP contribution in [0.15, 0.2) is 18.2 Å². The van der Waals surface area contributed by atoms with Crippen molar-refractivity contribution in [2.45, 2.75) is 32.9 Å². The predicted molar refractivity (Wildman–Crippen MR) is 75.4 cm³/mol. The van der Waals surface area contributed by atoms with Gasteiger partial charge in [0.1, 0.15) is 12.4 Å². The summed E-state index contributed by atoms with van der Waals surface area (Å²) in [5.41, 5.74) is 1.08. The predicted octanol–water partition coefficient (Wildman–Crippen LogP) is 3.25. The monoisotopic (exact) mass is 271 g/mol. The van der Waals surface area contributed by atoms with Crippen molar-refractivity contribution in [3.8, 4) is 5.75 Å². The molecule has 1 rings (SSSR count). The molecule has 4 heteroatoms. The van der Waals surface area contributed by atoms with Crippen LogP contribution in [0.1, 0.15) is 25.8 Å². The first-order chi connectivity index (χ1) is 8.69. The molecule has 1 atom stereocenters. The van der Waals surface area contributed by atoms with E-state index in [0.717, 1.165) is 30.8 Å². The fraction of sp³-hybridized carbons (Fsp3) is 0.571. The summed E-state index contributed by atoms with van der Waals surface area (Å²) in [6.45, 7) is 6.36. The van der Waals surface area contributed by atoms with Crippen LogP contribution in [-0.4, -0.2) is 26.4 Å². The summed E-state index contributed by atoms with van der Waals surface area (Å²) in [5.74, 6) is 0.756.